The predicted octanol–water partition coefficient (Wildman–Crippen LogP) is 5.39. The van der Waals surface area contributed by atoms with Crippen LogP contribution in [0.4, 0.5) is 13.2 Å². The van der Waals surface area contributed by atoms with Crippen molar-refractivity contribution in [2.24, 2.45) is 0 Å². The molecule has 2 aromatic rings. The Balaban J connectivity index is 2.52. The average molecular weight is 305 g/mol. The number of hydrogen-bond acceptors (Lipinski definition) is 0. The summed E-state index contributed by atoms with van der Waals surface area (Å²) in [5.41, 5.74) is 0.310. The molecular formula is C14H9Cl2F3. The molecule has 0 amide bonds. The van der Waals surface area contributed by atoms with Gasteiger partial charge in [-0.15, -0.1) is 11.6 Å². The van der Waals surface area contributed by atoms with E-state index < -0.39 is 22.8 Å². The van der Waals surface area contributed by atoms with Crippen LogP contribution < -0.4 is 0 Å². The van der Waals surface area contributed by atoms with Gasteiger partial charge < -0.3 is 0 Å². The van der Waals surface area contributed by atoms with Crippen molar-refractivity contribution in [2.75, 3.05) is 0 Å². The predicted molar refractivity (Wildman–Crippen MR) is 70.2 cm³/mol. The Morgan fingerprint density at radius 1 is 0.895 bits per heavy atom. The van der Waals surface area contributed by atoms with Gasteiger partial charge in [0, 0.05) is 22.2 Å². The van der Waals surface area contributed by atoms with E-state index in [1.54, 1.807) is 0 Å². The van der Waals surface area contributed by atoms with Gasteiger partial charge >= 0.3 is 0 Å². The summed E-state index contributed by atoms with van der Waals surface area (Å²) in [7, 11) is 0. The summed E-state index contributed by atoms with van der Waals surface area (Å²) in [4.78, 5) is 0. The van der Waals surface area contributed by atoms with Gasteiger partial charge in [-0.3, -0.25) is 0 Å². The van der Waals surface area contributed by atoms with Crippen LogP contribution >= 0.6 is 23.2 Å². The minimum Gasteiger partial charge on any atom is -0.207 e. The first-order chi connectivity index (χ1) is 8.90. The number of alkyl halides is 1. The quantitative estimate of drug-likeness (QED) is 0.652. The van der Waals surface area contributed by atoms with Crippen LogP contribution in [-0.2, 0) is 0 Å². The molecule has 0 spiro atoms. The monoisotopic (exact) mass is 304 g/mol. The molecule has 0 radical (unpaired) electrons. The molecule has 0 aliphatic heterocycles. The van der Waals surface area contributed by atoms with E-state index >= 15 is 0 Å². The lowest BCUT2D eigenvalue weighted by atomic mass is 10.0. The van der Waals surface area contributed by atoms with Gasteiger partial charge in [0.15, 0.2) is 0 Å². The smallest absolute Gasteiger partial charge is 0.131 e. The molecule has 0 saturated heterocycles. The summed E-state index contributed by atoms with van der Waals surface area (Å²) >= 11 is 11.8. The highest BCUT2D eigenvalue weighted by molar-refractivity contribution is 6.30. The molecule has 5 heteroatoms. The summed E-state index contributed by atoms with van der Waals surface area (Å²) in [6.45, 7) is 1.48. The summed E-state index contributed by atoms with van der Waals surface area (Å²) in [6, 6.07) is 5.86. The molecule has 100 valence electrons. The highest BCUT2D eigenvalue weighted by atomic mass is 35.5. The first-order valence-corrected chi connectivity index (χ1v) is 6.26. The van der Waals surface area contributed by atoms with Crippen LogP contribution in [0.3, 0.4) is 0 Å². The van der Waals surface area contributed by atoms with E-state index in [9.17, 15) is 13.2 Å². The maximum Gasteiger partial charge on any atom is 0.131 e. The van der Waals surface area contributed by atoms with E-state index in [1.165, 1.54) is 25.1 Å². The van der Waals surface area contributed by atoms with Gasteiger partial charge in [-0.05, 0) is 36.8 Å². The van der Waals surface area contributed by atoms with Gasteiger partial charge in [0.05, 0.1) is 5.38 Å². The van der Waals surface area contributed by atoms with E-state index in [2.05, 4.69) is 0 Å². The van der Waals surface area contributed by atoms with E-state index in [0.717, 1.165) is 12.1 Å². The normalized spacial score (nSPS) is 12.5. The highest BCUT2D eigenvalue weighted by Gasteiger charge is 2.20. The molecule has 0 heterocycles. The van der Waals surface area contributed by atoms with Gasteiger partial charge in [0.1, 0.15) is 17.5 Å². The van der Waals surface area contributed by atoms with Crippen LogP contribution in [0.2, 0.25) is 5.02 Å². The van der Waals surface area contributed by atoms with Crippen molar-refractivity contribution in [2.45, 2.75) is 12.3 Å². The van der Waals surface area contributed by atoms with E-state index in [1.807, 2.05) is 0 Å². The van der Waals surface area contributed by atoms with Crippen molar-refractivity contribution in [3.63, 3.8) is 0 Å². The first kappa shape index (κ1) is 14.2. The Bertz CT molecular complexity index is 626. The standard InChI is InChI=1S/C14H9Cl2F3/c1-7-4-9(13(19)6-12(7)18)14(16)10-5-8(15)2-3-11(10)17/h2-6,14H,1H3. The van der Waals surface area contributed by atoms with Crippen LogP contribution in [0.15, 0.2) is 30.3 Å². The molecule has 0 nitrogen and oxygen atoms in total. The maximum absolute atomic E-state index is 13.7. The maximum atomic E-state index is 13.7. The fraction of sp³-hybridized carbons (Fsp3) is 0.143. The second-order valence-electron chi connectivity index (χ2n) is 4.15. The molecule has 19 heavy (non-hydrogen) atoms. The Kier molecular flexibility index (Phi) is 4.07. The van der Waals surface area contributed by atoms with Crippen LogP contribution in [0.1, 0.15) is 22.1 Å². The molecule has 0 aliphatic carbocycles. The number of aryl methyl sites for hydroxylation is 1. The van der Waals surface area contributed by atoms with Gasteiger partial charge in [-0.25, -0.2) is 13.2 Å². The van der Waals surface area contributed by atoms with Crippen LogP contribution in [0, 0.1) is 24.4 Å². The lowest BCUT2D eigenvalue weighted by Crippen LogP contribution is -2.02. The summed E-state index contributed by atoms with van der Waals surface area (Å²) in [5, 5.41) is -0.778. The Hall–Kier alpha value is -1.19. The molecule has 2 rings (SSSR count). The number of hydrogen-bond donors (Lipinski definition) is 0. The number of rotatable bonds is 2. The topological polar surface area (TPSA) is 0 Å². The summed E-state index contributed by atoms with van der Waals surface area (Å²) in [6.07, 6.45) is 0. The molecule has 0 aliphatic rings. The Labute approximate surface area is 118 Å². The van der Waals surface area contributed by atoms with Crippen molar-refractivity contribution < 1.29 is 13.2 Å². The van der Waals surface area contributed by atoms with E-state index in [0.29, 0.717) is 5.02 Å². The van der Waals surface area contributed by atoms with Crippen molar-refractivity contribution in [1.82, 2.24) is 0 Å². The number of halogens is 5. The number of benzene rings is 2. The second kappa shape index (κ2) is 5.43. The molecule has 0 aromatic heterocycles. The van der Waals surface area contributed by atoms with Crippen molar-refractivity contribution >= 4 is 23.2 Å². The molecule has 1 atom stereocenters. The third kappa shape index (κ3) is 2.88. The summed E-state index contributed by atoms with van der Waals surface area (Å²) < 4.78 is 40.6. The molecule has 2 aromatic carbocycles. The third-order valence-electron chi connectivity index (χ3n) is 2.78. The van der Waals surface area contributed by atoms with E-state index in [-0.39, 0.29) is 16.7 Å². The van der Waals surface area contributed by atoms with Crippen molar-refractivity contribution in [3.05, 3.63) is 69.5 Å². The fourth-order valence-electron chi connectivity index (χ4n) is 1.75. The Morgan fingerprint density at radius 3 is 2.21 bits per heavy atom. The second-order valence-corrected chi connectivity index (χ2v) is 5.02. The SMILES string of the molecule is Cc1cc(C(Cl)c2cc(Cl)ccc2F)c(F)cc1F. The van der Waals surface area contributed by atoms with Crippen molar-refractivity contribution in [3.8, 4) is 0 Å². The van der Waals surface area contributed by atoms with Gasteiger partial charge in [0.25, 0.3) is 0 Å². The molecule has 0 bridgehead atoms. The zero-order valence-corrected chi connectivity index (χ0v) is 11.4. The lowest BCUT2D eigenvalue weighted by molar-refractivity contribution is 0.565. The molecule has 0 fully saturated rings. The highest BCUT2D eigenvalue weighted by Crippen LogP contribution is 2.34. The fourth-order valence-corrected chi connectivity index (χ4v) is 2.27. The lowest BCUT2D eigenvalue weighted by Gasteiger charge is -2.14. The average Bonchev–Trinajstić information content (AvgIpc) is 2.36. The van der Waals surface area contributed by atoms with E-state index in [4.69, 9.17) is 23.2 Å². The van der Waals surface area contributed by atoms with Crippen LogP contribution in [-0.4, -0.2) is 0 Å². The van der Waals surface area contributed by atoms with Crippen molar-refractivity contribution in [1.29, 1.82) is 0 Å². The van der Waals surface area contributed by atoms with Crippen LogP contribution in [0.5, 0.6) is 0 Å². The Morgan fingerprint density at radius 2 is 1.53 bits per heavy atom. The minimum absolute atomic E-state index is 0.0155. The third-order valence-corrected chi connectivity index (χ3v) is 3.49. The minimum atomic E-state index is -1.07. The largest absolute Gasteiger partial charge is 0.207 e. The zero-order chi connectivity index (χ0) is 14.2. The molecular weight excluding hydrogens is 296 g/mol. The van der Waals surface area contributed by atoms with Gasteiger partial charge in [0.2, 0.25) is 0 Å². The zero-order valence-electron chi connectivity index (χ0n) is 9.85. The molecule has 1 unspecified atom stereocenters. The molecule has 0 N–H and O–H groups in total. The first-order valence-electron chi connectivity index (χ1n) is 5.44. The van der Waals surface area contributed by atoms with Gasteiger partial charge in [-0.1, -0.05) is 11.6 Å². The van der Waals surface area contributed by atoms with Gasteiger partial charge in [-0.2, -0.15) is 0 Å². The van der Waals surface area contributed by atoms with Crippen LogP contribution in [0.25, 0.3) is 0 Å². The summed E-state index contributed by atoms with van der Waals surface area (Å²) in [5.74, 6) is -2.08. The molecule has 0 saturated carbocycles.